The highest BCUT2D eigenvalue weighted by Gasteiger charge is 2.35. The monoisotopic (exact) mass is 514 g/mol. The van der Waals surface area contributed by atoms with Gasteiger partial charge in [-0.2, -0.15) is 0 Å². The van der Waals surface area contributed by atoms with Crippen molar-refractivity contribution in [1.29, 1.82) is 0 Å². The Hall–Kier alpha value is -5.52. The molecule has 1 aliphatic heterocycles. The molecular formula is C26H18N4O8. The number of aromatic nitrogens is 1. The van der Waals surface area contributed by atoms with Gasteiger partial charge in [-0.15, -0.1) is 0 Å². The normalized spacial score (nSPS) is 14.1. The van der Waals surface area contributed by atoms with Crippen molar-refractivity contribution in [1.82, 2.24) is 15.2 Å². The Morgan fingerprint density at radius 1 is 1.13 bits per heavy atom. The Morgan fingerprint density at radius 2 is 1.95 bits per heavy atom. The number of nitrogens with one attached hydrogen (secondary N) is 1. The van der Waals surface area contributed by atoms with E-state index in [-0.39, 0.29) is 35.3 Å². The summed E-state index contributed by atoms with van der Waals surface area (Å²) in [5.74, 6) is -0.713. The molecule has 0 atom stereocenters. The van der Waals surface area contributed by atoms with Crippen molar-refractivity contribution in [3.05, 3.63) is 99.8 Å². The van der Waals surface area contributed by atoms with Gasteiger partial charge >= 0.3 is 12.0 Å². The fraction of sp³-hybridized carbons (Fsp3) is 0.0769. The smallest absolute Gasteiger partial charge is 0.373 e. The van der Waals surface area contributed by atoms with Gasteiger partial charge in [-0.25, -0.2) is 14.6 Å². The molecule has 1 saturated heterocycles. The summed E-state index contributed by atoms with van der Waals surface area (Å²) in [5, 5.41) is 15.1. The molecule has 12 nitrogen and oxygen atoms in total. The summed E-state index contributed by atoms with van der Waals surface area (Å²) in [7, 11) is 1.21. The lowest BCUT2D eigenvalue weighted by Gasteiger charge is -2.12. The van der Waals surface area contributed by atoms with E-state index in [1.807, 2.05) is 30.3 Å². The molecule has 2 aromatic carbocycles. The number of imide groups is 1. The molecule has 0 spiro atoms. The second-order valence-corrected chi connectivity index (χ2v) is 8.05. The molecule has 3 heterocycles. The predicted molar refractivity (Wildman–Crippen MR) is 132 cm³/mol. The summed E-state index contributed by atoms with van der Waals surface area (Å²) < 4.78 is 15.9. The summed E-state index contributed by atoms with van der Waals surface area (Å²) in [6, 6.07) is 15.7. The molecule has 1 N–H and O–H groups in total. The van der Waals surface area contributed by atoms with Crippen LogP contribution in [0.3, 0.4) is 0 Å². The average molecular weight is 514 g/mol. The maximum Gasteiger partial charge on any atom is 0.373 e. The average Bonchev–Trinajstić information content (AvgIpc) is 3.50. The van der Waals surface area contributed by atoms with Crippen molar-refractivity contribution < 1.29 is 33.2 Å². The molecule has 2 aromatic heterocycles. The van der Waals surface area contributed by atoms with Crippen LogP contribution in [0.15, 0.2) is 77.0 Å². The lowest BCUT2D eigenvalue weighted by molar-refractivity contribution is -0.385. The zero-order valence-electron chi connectivity index (χ0n) is 19.7. The van der Waals surface area contributed by atoms with E-state index in [9.17, 15) is 24.5 Å². The molecule has 1 fully saturated rings. The molecule has 0 radical (unpaired) electrons. The third kappa shape index (κ3) is 4.65. The van der Waals surface area contributed by atoms with Gasteiger partial charge in [0.05, 0.1) is 18.6 Å². The van der Waals surface area contributed by atoms with Crippen molar-refractivity contribution in [3.8, 4) is 11.6 Å². The minimum absolute atomic E-state index is 0.00684. The minimum Gasteiger partial charge on any atom is -0.463 e. The number of carbonyl (C=O) groups is 3. The van der Waals surface area contributed by atoms with Crippen LogP contribution in [0.4, 0.5) is 10.5 Å². The summed E-state index contributed by atoms with van der Waals surface area (Å²) in [6.45, 7) is -0.204. The number of nitrogens with zero attached hydrogens (tertiary/aromatic N) is 3. The van der Waals surface area contributed by atoms with Crippen molar-refractivity contribution in [2.24, 2.45) is 0 Å². The van der Waals surface area contributed by atoms with E-state index in [0.717, 1.165) is 21.9 Å². The van der Waals surface area contributed by atoms with Gasteiger partial charge in [-0.3, -0.25) is 19.8 Å². The summed E-state index contributed by atoms with van der Waals surface area (Å²) >= 11 is 0. The van der Waals surface area contributed by atoms with E-state index >= 15 is 0 Å². The van der Waals surface area contributed by atoms with E-state index in [0.29, 0.717) is 11.3 Å². The van der Waals surface area contributed by atoms with Crippen molar-refractivity contribution in [3.63, 3.8) is 0 Å². The first-order chi connectivity index (χ1) is 18.3. The van der Waals surface area contributed by atoms with Crippen LogP contribution in [0.25, 0.3) is 16.8 Å². The number of benzene rings is 2. The summed E-state index contributed by atoms with van der Waals surface area (Å²) in [5.41, 5.74) is 0.292. The van der Waals surface area contributed by atoms with Crippen molar-refractivity contribution in [2.75, 3.05) is 7.11 Å². The number of amides is 3. The first-order valence-corrected chi connectivity index (χ1v) is 11.2. The number of furan rings is 1. The highest BCUT2D eigenvalue weighted by atomic mass is 16.6. The number of methoxy groups -OCH3 is 1. The maximum absolute atomic E-state index is 13.2. The van der Waals surface area contributed by atoms with E-state index in [1.165, 1.54) is 37.5 Å². The van der Waals surface area contributed by atoms with Gasteiger partial charge in [0.2, 0.25) is 11.6 Å². The number of rotatable bonds is 7. The number of hydrogen-bond acceptors (Lipinski definition) is 9. The van der Waals surface area contributed by atoms with E-state index < -0.39 is 22.8 Å². The number of pyridine rings is 1. The van der Waals surface area contributed by atoms with Crippen LogP contribution in [0.2, 0.25) is 0 Å². The molecule has 0 unspecified atom stereocenters. The van der Waals surface area contributed by atoms with E-state index in [4.69, 9.17) is 9.15 Å². The van der Waals surface area contributed by atoms with Gasteiger partial charge < -0.3 is 19.2 Å². The Morgan fingerprint density at radius 3 is 2.68 bits per heavy atom. The van der Waals surface area contributed by atoms with Gasteiger partial charge in [0, 0.05) is 17.7 Å². The first kappa shape index (κ1) is 24.2. The lowest BCUT2D eigenvalue weighted by Crippen LogP contribution is -2.30. The molecule has 12 heteroatoms. The van der Waals surface area contributed by atoms with Crippen LogP contribution in [0, 0.1) is 10.1 Å². The minimum atomic E-state index is -0.681. The Bertz CT molecular complexity index is 1620. The second kappa shape index (κ2) is 9.85. The number of esters is 1. The third-order valence-electron chi connectivity index (χ3n) is 5.69. The molecule has 38 heavy (non-hydrogen) atoms. The lowest BCUT2D eigenvalue weighted by atomic mass is 10.0. The van der Waals surface area contributed by atoms with Gasteiger partial charge in [-0.1, -0.05) is 30.3 Å². The number of hydrogen-bond donors (Lipinski definition) is 1. The molecular weight excluding hydrogens is 496 g/mol. The topological polar surface area (TPSA) is 154 Å². The van der Waals surface area contributed by atoms with Gasteiger partial charge in [0.15, 0.2) is 0 Å². The van der Waals surface area contributed by atoms with Crippen LogP contribution in [0.5, 0.6) is 11.6 Å². The standard InChI is InChI=1S/C26H18N4O8/c1-36-25(32)22-10-8-17(37-22)14-29-24(31)20(28-26(29)33)12-19-18-5-3-2-4-15(18)6-9-21(19)38-23-11-7-16(13-27-23)30(34)35/h2-13H,14H2,1H3,(H,28,33)/b20-12-. The van der Waals surface area contributed by atoms with Crippen LogP contribution in [0.1, 0.15) is 21.9 Å². The number of carbonyl (C=O) groups excluding carboxylic acids is 3. The van der Waals surface area contributed by atoms with Gasteiger partial charge in [0.1, 0.15) is 23.4 Å². The molecule has 190 valence electrons. The predicted octanol–water partition coefficient (Wildman–Crippen LogP) is 4.41. The highest BCUT2D eigenvalue weighted by Crippen LogP contribution is 2.34. The van der Waals surface area contributed by atoms with Crippen LogP contribution >= 0.6 is 0 Å². The Balaban J connectivity index is 1.47. The zero-order chi connectivity index (χ0) is 26.8. The van der Waals surface area contributed by atoms with Crippen molar-refractivity contribution >= 4 is 40.4 Å². The fourth-order valence-electron chi connectivity index (χ4n) is 3.86. The molecule has 3 amide bonds. The molecule has 0 aliphatic carbocycles. The number of nitro groups is 1. The summed E-state index contributed by atoms with van der Waals surface area (Å²) in [4.78, 5) is 52.7. The number of urea groups is 1. The Labute approximate surface area is 214 Å². The molecule has 1 aliphatic rings. The van der Waals surface area contributed by atoms with E-state index in [2.05, 4.69) is 15.0 Å². The van der Waals surface area contributed by atoms with Gasteiger partial charge in [-0.05, 0) is 35.0 Å². The summed E-state index contributed by atoms with van der Waals surface area (Å²) in [6.07, 6.45) is 2.57. The van der Waals surface area contributed by atoms with Crippen LogP contribution in [-0.4, -0.2) is 39.8 Å². The number of fused-ring (bicyclic) bond motifs is 1. The third-order valence-corrected chi connectivity index (χ3v) is 5.69. The first-order valence-electron chi connectivity index (χ1n) is 11.2. The van der Waals surface area contributed by atoms with E-state index in [1.54, 1.807) is 6.07 Å². The Kier molecular flexibility index (Phi) is 6.27. The van der Waals surface area contributed by atoms with Crippen molar-refractivity contribution in [2.45, 2.75) is 6.54 Å². The van der Waals surface area contributed by atoms with Gasteiger partial charge in [0.25, 0.3) is 11.6 Å². The molecule has 5 rings (SSSR count). The maximum atomic E-state index is 13.2. The largest absolute Gasteiger partial charge is 0.463 e. The fourth-order valence-corrected chi connectivity index (χ4v) is 3.86. The number of ether oxygens (including phenoxy) is 2. The van der Waals surface area contributed by atoms with Crippen LogP contribution in [-0.2, 0) is 16.1 Å². The zero-order valence-corrected chi connectivity index (χ0v) is 19.7. The SMILES string of the molecule is COC(=O)c1ccc(CN2C(=O)N/C(=C\c3c(Oc4ccc([N+](=O)[O-])cn4)ccc4ccccc34)C2=O)o1. The van der Waals surface area contributed by atoms with Crippen LogP contribution < -0.4 is 10.1 Å². The molecule has 4 aromatic rings. The quantitative estimate of drug-likeness (QED) is 0.124. The second-order valence-electron chi connectivity index (χ2n) is 8.05. The molecule has 0 bridgehead atoms. The molecule has 0 saturated carbocycles. The highest BCUT2D eigenvalue weighted by molar-refractivity contribution is 6.14.